The van der Waals surface area contributed by atoms with E-state index in [1.807, 2.05) is 12.2 Å². The Morgan fingerprint density at radius 1 is 0.611 bits per heavy atom. The zero-order valence-electron chi connectivity index (χ0n) is 32.7. The van der Waals surface area contributed by atoms with Gasteiger partial charge in [0.15, 0.2) is 0 Å². The predicted molar refractivity (Wildman–Crippen MR) is 212 cm³/mol. The highest BCUT2D eigenvalue weighted by Crippen LogP contribution is 2.47. The monoisotopic (exact) mass is 786 g/mol. The molecule has 0 radical (unpaired) electrons. The van der Waals surface area contributed by atoms with Crippen molar-refractivity contribution in [1.82, 2.24) is 0 Å². The van der Waals surface area contributed by atoms with Gasteiger partial charge in [-0.05, 0) is 44.9 Å². The van der Waals surface area contributed by atoms with E-state index in [2.05, 4.69) is 62.5 Å². The van der Waals surface area contributed by atoms with Crippen molar-refractivity contribution in [2.45, 2.75) is 172 Å². The normalized spacial score (nSPS) is 24.1. The Kier molecular flexibility index (Phi) is 29.8. The summed E-state index contributed by atoms with van der Waals surface area (Å²) in [5.74, 6) is -0.506. The second-order valence-corrected chi connectivity index (χ2v) is 15.2. The van der Waals surface area contributed by atoms with Crippen molar-refractivity contribution in [1.29, 1.82) is 0 Å². The number of allylic oxidation sites excluding steroid dienone is 9. The zero-order chi connectivity index (χ0) is 39.9. The lowest BCUT2D eigenvalue weighted by Gasteiger charge is -2.41. The van der Waals surface area contributed by atoms with E-state index in [1.54, 1.807) is 0 Å². The Hall–Kier alpha value is -1.96. The molecule has 0 aromatic rings. The van der Waals surface area contributed by atoms with Crippen molar-refractivity contribution in [3.8, 4) is 0 Å². The number of unbranched alkanes of at least 4 members (excludes halogenated alkanes) is 10. The molecule has 13 heteroatoms. The van der Waals surface area contributed by atoms with Gasteiger partial charge >= 0.3 is 13.8 Å². The Balaban J connectivity index is 2.52. The van der Waals surface area contributed by atoms with E-state index in [-0.39, 0.29) is 13.0 Å². The van der Waals surface area contributed by atoms with E-state index < -0.39 is 63.1 Å². The molecular weight excluding hydrogens is 715 g/mol. The van der Waals surface area contributed by atoms with Crippen molar-refractivity contribution in [3.05, 3.63) is 60.8 Å². The average molecular weight is 787 g/mol. The molecule has 0 amide bonds. The summed E-state index contributed by atoms with van der Waals surface area (Å²) < 4.78 is 33.9. The number of carbonyl (C=O) groups excluding carboxylic acids is 1. The largest absolute Gasteiger partial charge is 0.472 e. The standard InChI is InChI=1S/C41H71O12P/c1-3-5-7-9-11-13-15-16-17-18-19-21-23-25-27-29-31-50-32-34(52-35(42)30-28-26-24-22-20-14-12-10-8-6-4-2)33-51-54(48,49)53-41-39(46)37(44)36(43)38(45)40(41)47/h5,7,11,13,16-17,19,21,25,27,34,36-41,43-47H,3-4,6,8-10,12,14-15,18,20,22-24,26,28-33H2,1-2H3,(H,48,49)/b7-5-,13-11-,17-16-,21-19-,27-25-. The van der Waals surface area contributed by atoms with Crippen molar-refractivity contribution in [2.24, 2.45) is 0 Å². The highest BCUT2D eigenvalue weighted by Gasteiger charge is 2.51. The number of esters is 1. The molecule has 6 unspecified atom stereocenters. The average Bonchev–Trinajstić information content (AvgIpc) is 3.15. The van der Waals surface area contributed by atoms with Crippen molar-refractivity contribution >= 4 is 13.8 Å². The lowest BCUT2D eigenvalue weighted by Crippen LogP contribution is -2.64. The molecule has 0 saturated heterocycles. The van der Waals surface area contributed by atoms with Gasteiger partial charge in [-0.15, -0.1) is 0 Å². The van der Waals surface area contributed by atoms with Gasteiger partial charge < -0.3 is 39.9 Å². The van der Waals surface area contributed by atoms with Crippen molar-refractivity contribution in [2.75, 3.05) is 19.8 Å². The molecule has 1 aliphatic rings. The van der Waals surface area contributed by atoms with Crippen LogP contribution < -0.4 is 0 Å². The number of rotatable bonds is 32. The minimum atomic E-state index is -5.03. The quantitative estimate of drug-likeness (QED) is 0.0176. The predicted octanol–water partition coefficient (Wildman–Crippen LogP) is 7.08. The van der Waals surface area contributed by atoms with E-state index in [9.17, 15) is 39.8 Å². The second-order valence-electron chi connectivity index (χ2n) is 13.8. The van der Waals surface area contributed by atoms with E-state index >= 15 is 0 Å². The maximum Gasteiger partial charge on any atom is 0.472 e. The van der Waals surface area contributed by atoms with Gasteiger partial charge in [-0.2, -0.15) is 0 Å². The molecule has 0 aliphatic heterocycles. The highest BCUT2D eigenvalue weighted by molar-refractivity contribution is 7.47. The first kappa shape index (κ1) is 50.1. The number of phosphoric acid groups is 1. The zero-order valence-corrected chi connectivity index (χ0v) is 33.6. The molecule has 54 heavy (non-hydrogen) atoms. The Morgan fingerprint density at radius 2 is 1.06 bits per heavy atom. The third-order valence-electron chi connectivity index (χ3n) is 8.92. The molecule has 1 saturated carbocycles. The van der Waals surface area contributed by atoms with Gasteiger partial charge in [0.05, 0.1) is 19.8 Å². The first-order valence-electron chi connectivity index (χ1n) is 20.1. The maximum atomic E-state index is 12.7. The SMILES string of the molecule is CC/C=C\C/C=C\C/C=C\C/C=C\C/C=C\CCOCC(COP(=O)(O)OC1C(O)C(O)C(O)C(O)C1O)OC(=O)CCCCCCCCCCCCC. The number of aliphatic hydroxyl groups excluding tert-OH is 5. The molecule has 1 fully saturated rings. The van der Waals surface area contributed by atoms with Crippen LogP contribution in [0.15, 0.2) is 60.8 Å². The first-order chi connectivity index (χ1) is 26.0. The molecule has 6 atom stereocenters. The van der Waals surface area contributed by atoms with Crippen LogP contribution in [0.1, 0.15) is 129 Å². The minimum Gasteiger partial charge on any atom is -0.457 e. The minimum absolute atomic E-state index is 0.132. The van der Waals surface area contributed by atoms with Gasteiger partial charge in [-0.3, -0.25) is 13.8 Å². The van der Waals surface area contributed by atoms with Crippen LogP contribution in [-0.4, -0.2) is 98.9 Å². The summed E-state index contributed by atoms with van der Waals surface area (Å²) >= 11 is 0. The summed E-state index contributed by atoms with van der Waals surface area (Å²) in [5, 5.41) is 50.0. The molecule has 0 aromatic heterocycles. The Morgan fingerprint density at radius 3 is 1.56 bits per heavy atom. The van der Waals surface area contributed by atoms with E-state index in [0.29, 0.717) is 19.4 Å². The summed E-state index contributed by atoms with van der Waals surface area (Å²) in [4.78, 5) is 23.0. The van der Waals surface area contributed by atoms with E-state index in [4.69, 9.17) is 18.5 Å². The van der Waals surface area contributed by atoms with Crippen LogP contribution in [0.5, 0.6) is 0 Å². The van der Waals surface area contributed by atoms with Gasteiger partial charge in [0.1, 0.15) is 42.7 Å². The van der Waals surface area contributed by atoms with Crippen LogP contribution in [0.3, 0.4) is 0 Å². The fourth-order valence-corrected chi connectivity index (χ4v) is 6.68. The molecule has 0 aromatic carbocycles. The Bertz CT molecular complexity index is 1120. The van der Waals surface area contributed by atoms with Crippen LogP contribution in [0.25, 0.3) is 0 Å². The smallest absolute Gasteiger partial charge is 0.457 e. The van der Waals surface area contributed by atoms with E-state index in [1.165, 1.54) is 44.9 Å². The highest BCUT2D eigenvalue weighted by atomic mass is 31.2. The molecule has 0 heterocycles. The lowest BCUT2D eigenvalue weighted by atomic mass is 9.85. The van der Waals surface area contributed by atoms with Crippen molar-refractivity contribution in [3.63, 3.8) is 0 Å². The summed E-state index contributed by atoms with van der Waals surface area (Å²) in [6.45, 7) is 3.89. The molecule has 1 aliphatic carbocycles. The number of carbonyl (C=O) groups is 1. The number of phosphoric ester groups is 1. The fraction of sp³-hybridized carbons (Fsp3) is 0.732. The summed E-state index contributed by atoms with van der Waals surface area (Å²) in [6.07, 6.45) is 26.1. The second kappa shape index (κ2) is 32.2. The van der Waals surface area contributed by atoms with Crippen LogP contribution in [-0.2, 0) is 27.9 Å². The number of hydrogen-bond donors (Lipinski definition) is 6. The third kappa shape index (κ3) is 24.5. The maximum absolute atomic E-state index is 12.7. The van der Waals surface area contributed by atoms with Crippen LogP contribution >= 0.6 is 7.82 Å². The summed E-state index contributed by atoms with van der Waals surface area (Å²) in [5.41, 5.74) is 0. The molecule has 1 rings (SSSR count). The molecule has 0 bridgehead atoms. The number of hydrogen-bond acceptors (Lipinski definition) is 11. The van der Waals surface area contributed by atoms with Gasteiger partial charge in [0.25, 0.3) is 0 Å². The first-order valence-corrected chi connectivity index (χ1v) is 21.6. The Labute approximate surface area is 324 Å². The van der Waals surface area contributed by atoms with Crippen LogP contribution in [0, 0.1) is 0 Å². The van der Waals surface area contributed by atoms with Crippen molar-refractivity contribution < 1.29 is 58.3 Å². The van der Waals surface area contributed by atoms with Gasteiger partial charge in [0.2, 0.25) is 0 Å². The third-order valence-corrected chi connectivity index (χ3v) is 9.91. The van der Waals surface area contributed by atoms with Gasteiger partial charge in [0, 0.05) is 6.42 Å². The molecule has 6 N–H and O–H groups in total. The van der Waals surface area contributed by atoms with E-state index in [0.717, 1.165) is 51.4 Å². The summed E-state index contributed by atoms with van der Waals surface area (Å²) in [7, 11) is -5.03. The summed E-state index contributed by atoms with van der Waals surface area (Å²) in [6, 6.07) is 0. The van der Waals surface area contributed by atoms with Gasteiger partial charge in [-0.1, -0.05) is 139 Å². The molecule has 0 spiro atoms. The molecule has 312 valence electrons. The number of ether oxygens (including phenoxy) is 2. The van der Waals surface area contributed by atoms with Crippen LogP contribution in [0.2, 0.25) is 0 Å². The molecule has 12 nitrogen and oxygen atoms in total. The van der Waals surface area contributed by atoms with Gasteiger partial charge in [-0.25, -0.2) is 4.57 Å². The topological polar surface area (TPSA) is 192 Å². The number of aliphatic hydroxyl groups is 5. The molecular formula is C41H71O12P. The fourth-order valence-electron chi connectivity index (χ4n) is 5.71. The lowest BCUT2D eigenvalue weighted by molar-refractivity contribution is -0.220. The van der Waals surface area contributed by atoms with Crippen LogP contribution in [0.4, 0.5) is 0 Å².